The average molecular weight is 312 g/mol. The Morgan fingerprint density at radius 3 is 2.30 bits per heavy atom. The highest BCUT2D eigenvalue weighted by Crippen LogP contribution is 2.13. The lowest BCUT2D eigenvalue weighted by Gasteiger charge is -2.18. The van der Waals surface area contributed by atoms with E-state index < -0.39 is 0 Å². The highest BCUT2D eigenvalue weighted by atomic mass is 16.1. The Morgan fingerprint density at radius 2 is 1.74 bits per heavy atom. The summed E-state index contributed by atoms with van der Waals surface area (Å²) in [5, 5.41) is 2.75. The molecular weight excluding hydrogens is 292 g/mol. The molecule has 2 rings (SSSR count). The number of nitrogens with one attached hydrogen (secondary N) is 1. The fourth-order valence-corrected chi connectivity index (χ4v) is 2.13. The van der Waals surface area contributed by atoms with Crippen LogP contribution in [0.5, 0.6) is 0 Å². The quantitative estimate of drug-likeness (QED) is 0.830. The third-order valence-electron chi connectivity index (χ3n) is 3.47. The third kappa shape index (κ3) is 4.12. The zero-order valence-corrected chi connectivity index (χ0v) is 13.5. The van der Waals surface area contributed by atoms with Gasteiger partial charge in [-0.15, -0.1) is 0 Å². The van der Waals surface area contributed by atoms with E-state index in [0.29, 0.717) is 22.8 Å². The van der Waals surface area contributed by atoms with E-state index in [1.807, 2.05) is 18.7 Å². The van der Waals surface area contributed by atoms with Crippen LogP contribution in [0.4, 0.5) is 11.6 Å². The molecule has 2 aromatic rings. The highest BCUT2D eigenvalue weighted by Gasteiger charge is 2.10. The van der Waals surface area contributed by atoms with Gasteiger partial charge in [-0.25, -0.2) is 9.97 Å². The maximum atomic E-state index is 12.2. The first-order chi connectivity index (χ1) is 11.0. The first-order valence-electron chi connectivity index (χ1n) is 7.54. The highest BCUT2D eigenvalue weighted by molar-refractivity contribution is 6.04. The second-order valence-corrected chi connectivity index (χ2v) is 5.04. The molecule has 1 aromatic carbocycles. The Kier molecular flexibility index (Phi) is 5.41. The lowest BCUT2D eigenvalue weighted by molar-refractivity contribution is 0.101. The monoisotopic (exact) mass is 312 g/mol. The minimum atomic E-state index is -0.309. The number of benzene rings is 1. The Hall–Kier alpha value is -2.76. The molecule has 0 radical (unpaired) electrons. The number of amides is 1. The van der Waals surface area contributed by atoms with Crippen molar-refractivity contribution in [2.45, 2.75) is 20.8 Å². The molecule has 0 saturated heterocycles. The molecule has 0 saturated carbocycles. The predicted molar refractivity (Wildman–Crippen MR) is 90.0 cm³/mol. The molecule has 6 heteroatoms. The molecule has 120 valence electrons. The molecule has 0 aliphatic heterocycles. The van der Waals surface area contributed by atoms with Gasteiger partial charge in [0.05, 0.1) is 5.56 Å². The van der Waals surface area contributed by atoms with E-state index in [1.54, 1.807) is 24.3 Å². The van der Waals surface area contributed by atoms with Gasteiger partial charge in [0.15, 0.2) is 5.78 Å². The average Bonchev–Trinajstić information content (AvgIpc) is 2.56. The molecule has 1 heterocycles. The van der Waals surface area contributed by atoms with Crippen molar-refractivity contribution in [2.75, 3.05) is 23.3 Å². The molecule has 1 aromatic heterocycles. The Labute approximate surface area is 135 Å². The SMILES string of the molecule is CCN(CC)c1ncc(C(=O)Nc2cccc(C(C)=O)c2)cn1. The summed E-state index contributed by atoms with van der Waals surface area (Å²) in [5.74, 6) is 0.245. The van der Waals surface area contributed by atoms with Crippen LogP contribution >= 0.6 is 0 Å². The summed E-state index contributed by atoms with van der Waals surface area (Å²) in [6.45, 7) is 7.14. The van der Waals surface area contributed by atoms with Crippen molar-refractivity contribution in [2.24, 2.45) is 0 Å². The predicted octanol–water partition coefficient (Wildman–Crippen LogP) is 2.78. The molecule has 1 amide bonds. The van der Waals surface area contributed by atoms with Crippen LogP contribution in [0.3, 0.4) is 0 Å². The normalized spacial score (nSPS) is 10.2. The maximum Gasteiger partial charge on any atom is 0.258 e. The molecular formula is C17H20N4O2. The Morgan fingerprint density at radius 1 is 1.09 bits per heavy atom. The number of nitrogens with zero attached hydrogens (tertiary/aromatic N) is 3. The van der Waals surface area contributed by atoms with Crippen LogP contribution in [0.2, 0.25) is 0 Å². The van der Waals surface area contributed by atoms with E-state index in [1.165, 1.54) is 19.3 Å². The van der Waals surface area contributed by atoms with Crippen molar-refractivity contribution in [3.05, 3.63) is 47.8 Å². The molecule has 0 atom stereocenters. The van der Waals surface area contributed by atoms with Crippen LogP contribution in [0.1, 0.15) is 41.5 Å². The molecule has 1 N–H and O–H groups in total. The van der Waals surface area contributed by atoms with Gasteiger partial charge in [-0.1, -0.05) is 12.1 Å². The number of rotatable bonds is 6. The van der Waals surface area contributed by atoms with E-state index in [9.17, 15) is 9.59 Å². The van der Waals surface area contributed by atoms with Crippen LogP contribution in [0.15, 0.2) is 36.7 Å². The topological polar surface area (TPSA) is 75.2 Å². The van der Waals surface area contributed by atoms with Crippen LogP contribution < -0.4 is 10.2 Å². The van der Waals surface area contributed by atoms with Crippen molar-refractivity contribution in [1.82, 2.24) is 9.97 Å². The smallest absolute Gasteiger partial charge is 0.258 e. The van der Waals surface area contributed by atoms with Crippen molar-refractivity contribution < 1.29 is 9.59 Å². The van der Waals surface area contributed by atoms with E-state index in [4.69, 9.17) is 0 Å². The molecule has 0 fully saturated rings. The van der Waals surface area contributed by atoms with Crippen LogP contribution in [-0.4, -0.2) is 34.7 Å². The summed E-state index contributed by atoms with van der Waals surface area (Å²) in [4.78, 5) is 34.1. The molecule has 6 nitrogen and oxygen atoms in total. The lowest BCUT2D eigenvalue weighted by Crippen LogP contribution is -2.24. The van der Waals surface area contributed by atoms with Crippen LogP contribution in [-0.2, 0) is 0 Å². The van der Waals surface area contributed by atoms with E-state index in [0.717, 1.165) is 13.1 Å². The summed E-state index contributed by atoms with van der Waals surface area (Å²) >= 11 is 0. The Bertz CT molecular complexity index is 694. The first-order valence-corrected chi connectivity index (χ1v) is 7.54. The van der Waals surface area contributed by atoms with Gasteiger partial charge in [0.1, 0.15) is 0 Å². The number of anilines is 2. The number of Topliss-reactive ketones (excluding diaryl/α,β-unsaturated/α-hetero) is 1. The zero-order valence-electron chi connectivity index (χ0n) is 13.5. The first kappa shape index (κ1) is 16.6. The van der Waals surface area contributed by atoms with E-state index in [2.05, 4.69) is 15.3 Å². The third-order valence-corrected chi connectivity index (χ3v) is 3.47. The fourth-order valence-electron chi connectivity index (χ4n) is 2.13. The second-order valence-electron chi connectivity index (χ2n) is 5.04. The van der Waals surface area contributed by atoms with Crippen LogP contribution in [0, 0.1) is 0 Å². The fraction of sp³-hybridized carbons (Fsp3) is 0.294. The number of hydrogen-bond donors (Lipinski definition) is 1. The number of hydrogen-bond acceptors (Lipinski definition) is 5. The van der Waals surface area contributed by atoms with Gasteiger partial charge in [-0.2, -0.15) is 0 Å². The van der Waals surface area contributed by atoms with Gasteiger partial charge in [0.2, 0.25) is 5.95 Å². The van der Waals surface area contributed by atoms with Crippen LogP contribution in [0.25, 0.3) is 0 Å². The minimum absolute atomic E-state index is 0.0481. The summed E-state index contributed by atoms with van der Waals surface area (Å²) in [7, 11) is 0. The van der Waals surface area contributed by atoms with Gasteiger partial charge >= 0.3 is 0 Å². The summed E-state index contributed by atoms with van der Waals surface area (Å²) in [6, 6.07) is 6.81. The van der Waals surface area contributed by atoms with E-state index >= 15 is 0 Å². The summed E-state index contributed by atoms with van der Waals surface area (Å²) < 4.78 is 0. The van der Waals surface area contributed by atoms with Crippen molar-refractivity contribution >= 4 is 23.3 Å². The number of ketones is 1. The number of carbonyl (C=O) groups is 2. The minimum Gasteiger partial charge on any atom is -0.341 e. The Balaban J connectivity index is 2.12. The van der Waals surface area contributed by atoms with E-state index in [-0.39, 0.29) is 11.7 Å². The van der Waals surface area contributed by atoms with Gasteiger partial charge < -0.3 is 10.2 Å². The summed E-state index contributed by atoms with van der Waals surface area (Å²) in [5.41, 5.74) is 1.49. The molecule has 23 heavy (non-hydrogen) atoms. The second kappa shape index (κ2) is 7.49. The number of aromatic nitrogens is 2. The summed E-state index contributed by atoms with van der Waals surface area (Å²) in [6.07, 6.45) is 3.01. The molecule has 0 bridgehead atoms. The molecule has 0 unspecified atom stereocenters. The van der Waals surface area contributed by atoms with Gasteiger partial charge in [-0.3, -0.25) is 9.59 Å². The maximum absolute atomic E-state index is 12.2. The lowest BCUT2D eigenvalue weighted by atomic mass is 10.1. The van der Waals surface area contributed by atoms with Gasteiger partial charge in [0.25, 0.3) is 5.91 Å². The van der Waals surface area contributed by atoms with Crippen molar-refractivity contribution in [1.29, 1.82) is 0 Å². The largest absolute Gasteiger partial charge is 0.341 e. The molecule has 0 aliphatic rings. The zero-order chi connectivity index (χ0) is 16.8. The standard InChI is InChI=1S/C17H20N4O2/c1-4-21(5-2)17-18-10-14(11-19-17)16(23)20-15-8-6-7-13(9-15)12(3)22/h6-11H,4-5H2,1-3H3,(H,20,23). The van der Waals surface area contributed by atoms with Gasteiger partial charge in [-0.05, 0) is 32.9 Å². The molecule has 0 spiro atoms. The van der Waals surface area contributed by atoms with Gasteiger partial charge in [0, 0.05) is 36.7 Å². The number of carbonyl (C=O) groups excluding carboxylic acids is 2. The van der Waals surface area contributed by atoms with Crippen molar-refractivity contribution in [3.63, 3.8) is 0 Å². The van der Waals surface area contributed by atoms with Crippen molar-refractivity contribution in [3.8, 4) is 0 Å². The molecule has 0 aliphatic carbocycles.